The molecule has 0 spiro atoms. The van der Waals surface area contributed by atoms with E-state index in [9.17, 15) is 14.4 Å². The van der Waals surface area contributed by atoms with Crippen molar-refractivity contribution in [3.05, 3.63) is 58.5 Å². The van der Waals surface area contributed by atoms with Crippen molar-refractivity contribution in [3.63, 3.8) is 0 Å². The van der Waals surface area contributed by atoms with Crippen molar-refractivity contribution in [1.82, 2.24) is 14.8 Å². The standard InChI is InChI=1S/C22H28N4O4/c1-3-30-18-8-6-17(7-9-18)24-22(29)23-15-16-10-13-26(14-11-16)21(28)19-5-4-12-25(2)20(19)27/h4-9,12,16H,3,10-11,13-15H2,1-2H3,(H2,23,24,29). The van der Waals surface area contributed by atoms with E-state index in [0.717, 1.165) is 18.6 Å². The van der Waals surface area contributed by atoms with Crippen LogP contribution >= 0.6 is 0 Å². The molecular formula is C22H28N4O4. The van der Waals surface area contributed by atoms with E-state index in [0.29, 0.717) is 37.8 Å². The number of likely N-dealkylation sites (tertiary alicyclic amines) is 1. The third-order valence-electron chi connectivity index (χ3n) is 5.23. The zero-order valence-corrected chi connectivity index (χ0v) is 17.4. The van der Waals surface area contributed by atoms with Gasteiger partial charge in [0.05, 0.1) is 6.61 Å². The number of rotatable bonds is 6. The Morgan fingerprint density at radius 2 is 1.83 bits per heavy atom. The van der Waals surface area contributed by atoms with Gasteiger partial charge in [-0.05, 0) is 62.1 Å². The molecule has 0 saturated carbocycles. The number of carbonyl (C=O) groups excluding carboxylic acids is 2. The molecule has 1 aliphatic rings. The van der Waals surface area contributed by atoms with E-state index < -0.39 is 0 Å². The molecule has 8 nitrogen and oxygen atoms in total. The second kappa shape index (κ2) is 9.96. The lowest BCUT2D eigenvalue weighted by molar-refractivity contribution is 0.0688. The first-order valence-corrected chi connectivity index (χ1v) is 10.2. The predicted molar refractivity (Wildman–Crippen MR) is 115 cm³/mol. The average molecular weight is 412 g/mol. The molecule has 3 rings (SSSR count). The number of amides is 3. The van der Waals surface area contributed by atoms with Crippen LogP contribution < -0.4 is 20.9 Å². The Morgan fingerprint density at radius 3 is 2.50 bits per heavy atom. The molecule has 0 atom stereocenters. The fourth-order valence-corrected chi connectivity index (χ4v) is 3.48. The molecule has 1 aromatic heterocycles. The normalized spacial score (nSPS) is 14.3. The van der Waals surface area contributed by atoms with Crippen molar-refractivity contribution in [1.29, 1.82) is 0 Å². The summed E-state index contributed by atoms with van der Waals surface area (Å²) in [7, 11) is 1.63. The number of urea groups is 1. The van der Waals surface area contributed by atoms with E-state index in [4.69, 9.17) is 4.74 Å². The van der Waals surface area contributed by atoms with Crippen LogP contribution in [-0.4, -0.2) is 47.6 Å². The maximum atomic E-state index is 12.6. The molecule has 3 amide bonds. The third kappa shape index (κ3) is 5.40. The van der Waals surface area contributed by atoms with Crippen LogP contribution in [0.2, 0.25) is 0 Å². The molecule has 1 saturated heterocycles. The highest BCUT2D eigenvalue weighted by molar-refractivity contribution is 5.94. The summed E-state index contributed by atoms with van der Waals surface area (Å²) in [5.74, 6) is 0.827. The number of nitrogens with zero attached hydrogens (tertiary/aromatic N) is 2. The van der Waals surface area contributed by atoms with Gasteiger partial charge in [-0.3, -0.25) is 9.59 Å². The predicted octanol–water partition coefficient (Wildman–Crippen LogP) is 2.46. The van der Waals surface area contributed by atoms with Gasteiger partial charge in [0.25, 0.3) is 11.5 Å². The Morgan fingerprint density at radius 1 is 1.13 bits per heavy atom. The fourth-order valence-electron chi connectivity index (χ4n) is 3.48. The van der Waals surface area contributed by atoms with Crippen molar-refractivity contribution in [2.45, 2.75) is 19.8 Å². The van der Waals surface area contributed by atoms with Crippen LogP contribution in [0.15, 0.2) is 47.4 Å². The number of hydrogen-bond donors (Lipinski definition) is 2. The molecule has 160 valence electrons. The number of ether oxygens (including phenoxy) is 1. The lowest BCUT2D eigenvalue weighted by atomic mass is 9.96. The summed E-state index contributed by atoms with van der Waals surface area (Å²) in [6.45, 7) is 4.20. The van der Waals surface area contributed by atoms with E-state index in [-0.39, 0.29) is 23.1 Å². The first kappa shape index (κ1) is 21.4. The van der Waals surface area contributed by atoms with Gasteiger partial charge >= 0.3 is 6.03 Å². The van der Waals surface area contributed by atoms with E-state index >= 15 is 0 Å². The number of aromatic nitrogens is 1. The third-order valence-corrected chi connectivity index (χ3v) is 5.23. The zero-order chi connectivity index (χ0) is 21.5. The van der Waals surface area contributed by atoms with Crippen molar-refractivity contribution >= 4 is 17.6 Å². The fraction of sp³-hybridized carbons (Fsp3) is 0.409. The van der Waals surface area contributed by atoms with Crippen LogP contribution in [-0.2, 0) is 7.05 Å². The molecule has 1 aliphatic heterocycles. The smallest absolute Gasteiger partial charge is 0.319 e. The maximum absolute atomic E-state index is 12.6. The van der Waals surface area contributed by atoms with Crippen LogP contribution in [0, 0.1) is 5.92 Å². The van der Waals surface area contributed by atoms with Gasteiger partial charge in [-0.1, -0.05) is 0 Å². The molecular weight excluding hydrogens is 384 g/mol. The minimum absolute atomic E-state index is 0.200. The van der Waals surface area contributed by atoms with Gasteiger partial charge in [0.15, 0.2) is 0 Å². The number of anilines is 1. The van der Waals surface area contributed by atoms with Crippen molar-refractivity contribution < 1.29 is 14.3 Å². The van der Waals surface area contributed by atoms with E-state index in [1.807, 2.05) is 19.1 Å². The van der Waals surface area contributed by atoms with Gasteiger partial charge in [-0.25, -0.2) is 4.79 Å². The van der Waals surface area contributed by atoms with Gasteiger partial charge in [-0.2, -0.15) is 0 Å². The molecule has 1 fully saturated rings. The number of aryl methyl sites for hydroxylation is 1. The van der Waals surface area contributed by atoms with Gasteiger partial charge in [-0.15, -0.1) is 0 Å². The Labute approximate surface area is 175 Å². The number of nitrogens with one attached hydrogen (secondary N) is 2. The van der Waals surface area contributed by atoms with Crippen LogP contribution in [0.3, 0.4) is 0 Å². The maximum Gasteiger partial charge on any atom is 0.319 e. The molecule has 0 aliphatic carbocycles. The highest BCUT2D eigenvalue weighted by Gasteiger charge is 2.25. The number of pyridine rings is 1. The van der Waals surface area contributed by atoms with Crippen molar-refractivity contribution in [3.8, 4) is 5.75 Å². The first-order valence-electron chi connectivity index (χ1n) is 10.2. The zero-order valence-electron chi connectivity index (χ0n) is 17.4. The molecule has 0 bridgehead atoms. The monoisotopic (exact) mass is 412 g/mol. The summed E-state index contributed by atoms with van der Waals surface area (Å²) in [4.78, 5) is 38.6. The average Bonchev–Trinajstić information content (AvgIpc) is 2.76. The van der Waals surface area contributed by atoms with E-state index in [1.54, 1.807) is 42.4 Å². The van der Waals surface area contributed by atoms with Gasteiger partial charge in [0.1, 0.15) is 11.3 Å². The largest absolute Gasteiger partial charge is 0.494 e. The molecule has 8 heteroatoms. The topological polar surface area (TPSA) is 92.7 Å². The van der Waals surface area contributed by atoms with Gasteiger partial charge < -0.3 is 24.8 Å². The molecule has 2 aromatic rings. The summed E-state index contributed by atoms with van der Waals surface area (Å²) in [6, 6.07) is 10.2. The second-order valence-electron chi connectivity index (χ2n) is 7.37. The summed E-state index contributed by atoms with van der Waals surface area (Å²) in [5, 5.41) is 5.70. The van der Waals surface area contributed by atoms with Crippen molar-refractivity contribution in [2.24, 2.45) is 13.0 Å². The molecule has 2 heterocycles. The highest BCUT2D eigenvalue weighted by atomic mass is 16.5. The van der Waals surface area contributed by atoms with Crippen molar-refractivity contribution in [2.75, 3.05) is 31.6 Å². The lowest BCUT2D eigenvalue weighted by Crippen LogP contribution is -2.43. The molecule has 0 unspecified atom stereocenters. The highest BCUT2D eigenvalue weighted by Crippen LogP contribution is 2.18. The van der Waals surface area contributed by atoms with Crippen LogP contribution in [0.5, 0.6) is 5.75 Å². The second-order valence-corrected chi connectivity index (χ2v) is 7.37. The first-order chi connectivity index (χ1) is 14.5. The summed E-state index contributed by atoms with van der Waals surface area (Å²) >= 11 is 0. The van der Waals surface area contributed by atoms with Gasteiger partial charge in [0.2, 0.25) is 0 Å². The minimum atomic E-state index is -0.280. The van der Waals surface area contributed by atoms with E-state index in [2.05, 4.69) is 10.6 Å². The minimum Gasteiger partial charge on any atom is -0.494 e. The van der Waals surface area contributed by atoms with Gasteiger partial charge in [0, 0.05) is 38.6 Å². The molecule has 2 N–H and O–H groups in total. The Hall–Kier alpha value is -3.29. The number of piperidine rings is 1. The summed E-state index contributed by atoms with van der Waals surface area (Å²) in [5.41, 5.74) is 0.615. The van der Waals surface area contributed by atoms with E-state index in [1.165, 1.54) is 4.57 Å². The molecule has 0 radical (unpaired) electrons. The SMILES string of the molecule is CCOc1ccc(NC(=O)NCC2CCN(C(=O)c3cccn(C)c3=O)CC2)cc1. The Balaban J connectivity index is 1.43. The number of carbonyl (C=O) groups is 2. The number of benzene rings is 1. The van der Waals surface area contributed by atoms with Crippen LogP contribution in [0.25, 0.3) is 0 Å². The van der Waals surface area contributed by atoms with Crippen LogP contribution in [0.4, 0.5) is 10.5 Å². The summed E-state index contributed by atoms with van der Waals surface area (Å²) in [6.07, 6.45) is 3.19. The molecule has 30 heavy (non-hydrogen) atoms. The molecule has 1 aromatic carbocycles. The van der Waals surface area contributed by atoms with Crippen LogP contribution in [0.1, 0.15) is 30.1 Å². The Kier molecular flexibility index (Phi) is 7.11. The number of hydrogen-bond acceptors (Lipinski definition) is 4. The summed E-state index contributed by atoms with van der Waals surface area (Å²) < 4.78 is 6.79. The Bertz CT molecular complexity index is 931. The quantitative estimate of drug-likeness (QED) is 0.762. The lowest BCUT2D eigenvalue weighted by Gasteiger charge is -2.32.